The van der Waals surface area contributed by atoms with Crippen molar-refractivity contribution in [3.05, 3.63) is 59.4 Å². The number of benzene rings is 2. The number of aryl methyl sites for hydroxylation is 1. The van der Waals surface area contributed by atoms with Gasteiger partial charge in [-0.25, -0.2) is 4.79 Å². The quantitative estimate of drug-likeness (QED) is 0.320. The first-order valence-corrected chi connectivity index (χ1v) is 11.8. The number of aromatic nitrogens is 3. The molecule has 0 saturated heterocycles. The molecule has 3 aromatic rings. The van der Waals surface area contributed by atoms with Crippen LogP contribution in [0.15, 0.2) is 47.6 Å². The lowest BCUT2D eigenvalue weighted by atomic mass is 10.2. The van der Waals surface area contributed by atoms with Crippen LogP contribution in [-0.4, -0.2) is 46.1 Å². The summed E-state index contributed by atoms with van der Waals surface area (Å²) in [6.07, 6.45) is 0. The molecule has 0 saturated carbocycles. The minimum atomic E-state index is -0.427. The van der Waals surface area contributed by atoms with E-state index in [1.165, 1.54) is 18.9 Å². The van der Waals surface area contributed by atoms with Crippen molar-refractivity contribution in [1.82, 2.24) is 14.8 Å². The van der Waals surface area contributed by atoms with Crippen LogP contribution < -0.4 is 14.8 Å². The molecule has 0 aliphatic heterocycles. The van der Waals surface area contributed by atoms with Crippen molar-refractivity contribution in [1.29, 1.82) is 0 Å². The van der Waals surface area contributed by atoms with Crippen LogP contribution in [0.1, 0.15) is 35.6 Å². The van der Waals surface area contributed by atoms with Crippen molar-refractivity contribution >= 4 is 29.3 Å². The van der Waals surface area contributed by atoms with Gasteiger partial charge >= 0.3 is 5.97 Å². The molecular weight excluding hydrogens is 456 g/mol. The van der Waals surface area contributed by atoms with Gasteiger partial charge in [0.05, 0.1) is 25.0 Å². The van der Waals surface area contributed by atoms with Gasteiger partial charge < -0.3 is 24.1 Å². The number of thioether (sulfide) groups is 1. The second kappa shape index (κ2) is 12.1. The molecule has 0 aliphatic carbocycles. The van der Waals surface area contributed by atoms with Crippen LogP contribution in [0.25, 0.3) is 0 Å². The van der Waals surface area contributed by atoms with Gasteiger partial charge in [0.2, 0.25) is 5.91 Å². The van der Waals surface area contributed by atoms with Crippen molar-refractivity contribution in [2.24, 2.45) is 0 Å². The second-order valence-corrected chi connectivity index (χ2v) is 8.16. The van der Waals surface area contributed by atoms with Gasteiger partial charge in [-0.15, -0.1) is 10.2 Å². The average Bonchev–Trinajstić information content (AvgIpc) is 3.24. The maximum absolute atomic E-state index is 12.4. The van der Waals surface area contributed by atoms with Gasteiger partial charge in [-0.05, 0) is 62.7 Å². The highest BCUT2D eigenvalue weighted by Gasteiger charge is 2.15. The molecule has 180 valence electrons. The summed E-state index contributed by atoms with van der Waals surface area (Å²) in [7, 11) is 1.32. The number of nitrogens with one attached hydrogen (secondary N) is 1. The van der Waals surface area contributed by atoms with Gasteiger partial charge in [-0.1, -0.05) is 17.8 Å². The third-order valence-corrected chi connectivity index (χ3v) is 5.75. The number of hydrogen-bond donors (Lipinski definition) is 1. The Bertz CT molecular complexity index is 1130. The molecule has 1 N–H and O–H groups in total. The van der Waals surface area contributed by atoms with Crippen LogP contribution in [0.5, 0.6) is 11.5 Å². The third-order valence-electron chi connectivity index (χ3n) is 4.79. The zero-order chi connectivity index (χ0) is 24.5. The molecule has 3 rings (SSSR count). The summed E-state index contributed by atoms with van der Waals surface area (Å²) < 4.78 is 18.2. The van der Waals surface area contributed by atoms with Gasteiger partial charge in [0.15, 0.2) is 22.5 Å². The van der Waals surface area contributed by atoms with Crippen LogP contribution in [0, 0.1) is 6.92 Å². The van der Waals surface area contributed by atoms with Crippen LogP contribution in [0.2, 0.25) is 0 Å². The van der Waals surface area contributed by atoms with E-state index in [1.54, 1.807) is 24.3 Å². The van der Waals surface area contributed by atoms with Gasteiger partial charge in [-0.3, -0.25) is 4.79 Å². The zero-order valence-electron chi connectivity index (χ0n) is 19.7. The molecule has 0 unspecified atom stereocenters. The Labute approximate surface area is 202 Å². The van der Waals surface area contributed by atoms with E-state index in [1.807, 2.05) is 43.5 Å². The topological polar surface area (TPSA) is 105 Å². The Balaban J connectivity index is 1.58. The molecule has 1 aromatic heterocycles. The zero-order valence-corrected chi connectivity index (χ0v) is 20.5. The number of methoxy groups -OCH3 is 1. The SMILES string of the molecule is CCOc1cc(C)ccc1OCc1nnc(SCC(=O)Nc2ccc(C(=O)OC)cc2)n1CC. The fraction of sp³-hybridized carbons (Fsp3) is 0.333. The van der Waals surface area contributed by atoms with E-state index in [0.717, 1.165) is 5.56 Å². The summed E-state index contributed by atoms with van der Waals surface area (Å²) in [5.41, 5.74) is 2.09. The Kier molecular flexibility index (Phi) is 8.92. The van der Waals surface area contributed by atoms with Crippen molar-refractivity contribution in [3.8, 4) is 11.5 Å². The molecule has 0 spiro atoms. The highest BCUT2D eigenvalue weighted by molar-refractivity contribution is 7.99. The van der Waals surface area contributed by atoms with E-state index < -0.39 is 5.97 Å². The smallest absolute Gasteiger partial charge is 0.337 e. The van der Waals surface area contributed by atoms with Crippen molar-refractivity contribution in [2.45, 2.75) is 39.1 Å². The average molecular weight is 485 g/mol. The first kappa shape index (κ1) is 25.1. The van der Waals surface area contributed by atoms with Crippen molar-refractivity contribution in [3.63, 3.8) is 0 Å². The van der Waals surface area contributed by atoms with Crippen LogP contribution >= 0.6 is 11.8 Å². The van der Waals surface area contributed by atoms with Crippen LogP contribution in [-0.2, 0) is 22.7 Å². The third kappa shape index (κ3) is 6.50. The Morgan fingerprint density at radius 2 is 1.79 bits per heavy atom. The summed E-state index contributed by atoms with van der Waals surface area (Å²) in [6, 6.07) is 12.3. The van der Waals surface area contributed by atoms with E-state index in [-0.39, 0.29) is 18.3 Å². The summed E-state index contributed by atoms with van der Waals surface area (Å²) >= 11 is 1.29. The number of ether oxygens (including phenoxy) is 3. The Morgan fingerprint density at radius 3 is 2.47 bits per heavy atom. The number of esters is 1. The Morgan fingerprint density at radius 1 is 1.03 bits per heavy atom. The molecule has 9 nitrogen and oxygen atoms in total. The van der Waals surface area contributed by atoms with E-state index in [0.29, 0.717) is 46.9 Å². The minimum Gasteiger partial charge on any atom is -0.490 e. The monoisotopic (exact) mass is 484 g/mol. The van der Waals surface area contributed by atoms with Crippen LogP contribution in [0.4, 0.5) is 5.69 Å². The van der Waals surface area contributed by atoms with E-state index in [4.69, 9.17) is 9.47 Å². The number of hydrogen-bond acceptors (Lipinski definition) is 8. The number of carbonyl (C=O) groups is 2. The molecule has 1 amide bonds. The molecule has 0 bridgehead atoms. The molecular formula is C24H28N4O5S. The van der Waals surface area contributed by atoms with Crippen molar-refractivity contribution in [2.75, 3.05) is 24.8 Å². The lowest BCUT2D eigenvalue weighted by molar-refractivity contribution is -0.113. The number of amides is 1. The number of anilines is 1. The van der Waals surface area contributed by atoms with Crippen LogP contribution in [0.3, 0.4) is 0 Å². The van der Waals surface area contributed by atoms with E-state index in [9.17, 15) is 9.59 Å². The maximum Gasteiger partial charge on any atom is 0.337 e. The first-order valence-electron chi connectivity index (χ1n) is 10.8. The summed E-state index contributed by atoms with van der Waals surface area (Å²) in [5, 5.41) is 11.9. The highest BCUT2D eigenvalue weighted by Crippen LogP contribution is 2.29. The number of carbonyl (C=O) groups excluding carboxylic acids is 2. The van der Waals surface area contributed by atoms with E-state index in [2.05, 4.69) is 20.3 Å². The molecule has 0 fully saturated rings. The lowest BCUT2D eigenvalue weighted by Crippen LogP contribution is -2.15. The predicted molar refractivity (Wildman–Crippen MR) is 130 cm³/mol. The fourth-order valence-corrected chi connectivity index (χ4v) is 3.95. The molecule has 10 heteroatoms. The normalized spacial score (nSPS) is 10.6. The van der Waals surface area contributed by atoms with Gasteiger partial charge in [0.25, 0.3) is 0 Å². The molecule has 1 heterocycles. The number of rotatable bonds is 11. The summed E-state index contributed by atoms with van der Waals surface area (Å²) in [5.74, 6) is 1.53. The van der Waals surface area contributed by atoms with Gasteiger partial charge in [0, 0.05) is 12.2 Å². The molecule has 0 aliphatic rings. The number of nitrogens with zero attached hydrogens (tertiary/aromatic N) is 3. The first-order chi connectivity index (χ1) is 16.4. The highest BCUT2D eigenvalue weighted by atomic mass is 32.2. The van der Waals surface area contributed by atoms with E-state index >= 15 is 0 Å². The minimum absolute atomic E-state index is 0.157. The van der Waals surface area contributed by atoms with Gasteiger partial charge in [-0.2, -0.15) is 0 Å². The maximum atomic E-state index is 12.4. The Hall–Kier alpha value is -3.53. The summed E-state index contributed by atoms with van der Waals surface area (Å²) in [4.78, 5) is 23.9. The lowest BCUT2D eigenvalue weighted by Gasteiger charge is -2.13. The molecule has 34 heavy (non-hydrogen) atoms. The molecule has 0 atom stereocenters. The van der Waals surface area contributed by atoms with Crippen molar-refractivity contribution < 1.29 is 23.8 Å². The molecule has 2 aromatic carbocycles. The largest absolute Gasteiger partial charge is 0.490 e. The van der Waals surface area contributed by atoms with Gasteiger partial charge in [0.1, 0.15) is 6.61 Å². The molecule has 0 radical (unpaired) electrons. The second-order valence-electron chi connectivity index (χ2n) is 7.22. The fourth-order valence-electron chi connectivity index (χ4n) is 3.13. The summed E-state index contributed by atoms with van der Waals surface area (Å²) in [6.45, 7) is 7.31. The predicted octanol–water partition coefficient (Wildman–Crippen LogP) is 4.10. The standard InChI is InChI=1S/C24H28N4O5S/c1-5-28-21(14-33-19-12-7-16(3)13-20(19)32-6-2)26-27-24(28)34-15-22(29)25-18-10-8-17(9-11-18)23(30)31-4/h7-13H,5-6,14-15H2,1-4H3,(H,25,29).